The van der Waals surface area contributed by atoms with Crippen molar-refractivity contribution in [1.82, 2.24) is 29.8 Å². The highest BCUT2D eigenvalue weighted by Crippen LogP contribution is 2.31. The van der Waals surface area contributed by atoms with E-state index >= 15 is 0 Å². The molecule has 4 rings (SSSR count). The fourth-order valence-corrected chi connectivity index (χ4v) is 3.79. The second kappa shape index (κ2) is 8.87. The maximum Gasteiger partial charge on any atom is 0.407 e. The minimum atomic E-state index is -0.545. The SMILES string of the molecule is CC(C)(C)OC(=O)NCCn1cnc2cnc(Nc3ncc(-c4ccncc4F)s3)cc21. The number of carbonyl (C=O) groups excluding carboxylic acids is 1. The number of amides is 1. The fourth-order valence-electron chi connectivity index (χ4n) is 2.94. The highest BCUT2D eigenvalue weighted by Gasteiger charge is 2.16. The average Bonchev–Trinajstić information content (AvgIpc) is 3.34. The number of anilines is 2. The second-order valence-electron chi connectivity index (χ2n) is 7.94. The van der Waals surface area contributed by atoms with Gasteiger partial charge in [0.2, 0.25) is 0 Å². The number of hydrogen-bond acceptors (Lipinski definition) is 8. The van der Waals surface area contributed by atoms with Crippen molar-refractivity contribution in [3.63, 3.8) is 0 Å². The van der Waals surface area contributed by atoms with E-state index in [0.29, 0.717) is 34.5 Å². The minimum Gasteiger partial charge on any atom is -0.444 e. The molecule has 2 N–H and O–H groups in total. The number of halogens is 1. The van der Waals surface area contributed by atoms with Crippen molar-refractivity contribution in [2.45, 2.75) is 32.9 Å². The average molecular weight is 456 g/mol. The van der Waals surface area contributed by atoms with Crippen molar-refractivity contribution in [1.29, 1.82) is 0 Å². The van der Waals surface area contributed by atoms with Crippen LogP contribution in [0.2, 0.25) is 0 Å². The zero-order valence-electron chi connectivity index (χ0n) is 17.8. The van der Waals surface area contributed by atoms with E-state index in [0.717, 1.165) is 11.0 Å². The first-order valence-corrected chi connectivity index (χ1v) is 10.7. The largest absolute Gasteiger partial charge is 0.444 e. The number of hydrogen-bond donors (Lipinski definition) is 2. The molecule has 4 aromatic heterocycles. The number of carbonyl (C=O) groups is 1. The van der Waals surface area contributed by atoms with Crippen LogP contribution in [0.25, 0.3) is 21.5 Å². The van der Waals surface area contributed by atoms with Gasteiger partial charge in [-0.3, -0.25) is 4.98 Å². The van der Waals surface area contributed by atoms with Crippen LogP contribution in [0.3, 0.4) is 0 Å². The molecule has 4 heterocycles. The summed E-state index contributed by atoms with van der Waals surface area (Å²) in [4.78, 5) is 29.3. The van der Waals surface area contributed by atoms with Gasteiger partial charge in [-0.25, -0.2) is 24.1 Å². The van der Waals surface area contributed by atoms with Crippen LogP contribution in [0.4, 0.5) is 20.1 Å². The highest BCUT2D eigenvalue weighted by atomic mass is 32.1. The Hall–Kier alpha value is -3.60. The van der Waals surface area contributed by atoms with Gasteiger partial charge in [0, 0.05) is 37.1 Å². The lowest BCUT2D eigenvalue weighted by atomic mass is 10.2. The molecule has 0 aromatic carbocycles. The van der Waals surface area contributed by atoms with E-state index in [-0.39, 0.29) is 0 Å². The molecule has 32 heavy (non-hydrogen) atoms. The number of imidazole rings is 1. The summed E-state index contributed by atoms with van der Waals surface area (Å²) < 4.78 is 21.1. The van der Waals surface area contributed by atoms with Crippen LogP contribution >= 0.6 is 11.3 Å². The monoisotopic (exact) mass is 455 g/mol. The van der Waals surface area contributed by atoms with Crippen molar-refractivity contribution in [3.05, 3.63) is 49.1 Å². The zero-order valence-corrected chi connectivity index (χ0v) is 18.6. The predicted molar refractivity (Wildman–Crippen MR) is 120 cm³/mol. The van der Waals surface area contributed by atoms with Crippen LogP contribution in [0.15, 0.2) is 43.2 Å². The maximum atomic E-state index is 14.0. The summed E-state index contributed by atoms with van der Waals surface area (Å²) in [7, 11) is 0. The summed E-state index contributed by atoms with van der Waals surface area (Å²) in [6, 6.07) is 3.46. The third kappa shape index (κ3) is 5.17. The topological polar surface area (TPSA) is 107 Å². The summed E-state index contributed by atoms with van der Waals surface area (Å²) in [6.45, 7) is 6.35. The molecule has 0 aliphatic rings. The molecule has 0 radical (unpaired) electrons. The zero-order chi connectivity index (χ0) is 22.7. The lowest BCUT2D eigenvalue weighted by Gasteiger charge is -2.19. The molecule has 0 aliphatic carbocycles. The van der Waals surface area contributed by atoms with Gasteiger partial charge in [0.05, 0.1) is 29.1 Å². The summed E-state index contributed by atoms with van der Waals surface area (Å²) in [5.41, 5.74) is 1.48. The molecule has 0 saturated carbocycles. The number of thiazole rings is 1. The normalized spacial score (nSPS) is 11.5. The van der Waals surface area contributed by atoms with Gasteiger partial charge in [0.15, 0.2) is 5.13 Å². The molecule has 9 nitrogen and oxygen atoms in total. The van der Waals surface area contributed by atoms with Gasteiger partial charge >= 0.3 is 6.09 Å². The van der Waals surface area contributed by atoms with Crippen LogP contribution in [-0.2, 0) is 11.3 Å². The number of fused-ring (bicyclic) bond motifs is 1. The van der Waals surface area contributed by atoms with Crippen molar-refractivity contribution >= 4 is 39.4 Å². The molecule has 0 fully saturated rings. The van der Waals surface area contributed by atoms with Gasteiger partial charge in [-0.1, -0.05) is 11.3 Å². The molecule has 0 spiro atoms. The van der Waals surface area contributed by atoms with E-state index in [4.69, 9.17) is 4.74 Å². The Kier molecular flexibility index (Phi) is 5.99. The summed E-state index contributed by atoms with van der Waals surface area (Å²) in [6.07, 6.45) is 7.22. The van der Waals surface area contributed by atoms with Gasteiger partial charge in [-0.2, -0.15) is 0 Å². The highest BCUT2D eigenvalue weighted by molar-refractivity contribution is 7.18. The Labute approximate surface area is 187 Å². The Bertz CT molecular complexity index is 1250. The summed E-state index contributed by atoms with van der Waals surface area (Å²) >= 11 is 1.31. The summed E-state index contributed by atoms with van der Waals surface area (Å²) in [5, 5.41) is 6.47. The molecule has 0 unspecified atom stereocenters. The Morgan fingerprint density at radius 3 is 2.84 bits per heavy atom. The third-order valence-corrected chi connectivity index (χ3v) is 5.25. The second-order valence-corrected chi connectivity index (χ2v) is 8.97. The van der Waals surface area contributed by atoms with Crippen LogP contribution in [0.1, 0.15) is 20.8 Å². The van der Waals surface area contributed by atoms with Crippen LogP contribution < -0.4 is 10.6 Å². The standard InChI is InChI=1S/C21H22FN7O2S/c1-21(2,3)31-20(30)24-6-7-29-12-27-15-10-25-18(8-16(15)29)28-19-26-11-17(32-19)13-4-5-23-9-14(13)22/h4-5,8-12H,6-7H2,1-3H3,(H,24,30)(H,25,26,28). The van der Waals surface area contributed by atoms with Gasteiger partial charge in [0.25, 0.3) is 0 Å². The lowest BCUT2D eigenvalue weighted by Crippen LogP contribution is -2.34. The number of ether oxygens (including phenoxy) is 1. The molecule has 0 saturated heterocycles. The van der Waals surface area contributed by atoms with Crippen molar-refractivity contribution in [2.75, 3.05) is 11.9 Å². The minimum absolute atomic E-state index is 0.388. The molecule has 11 heteroatoms. The lowest BCUT2D eigenvalue weighted by molar-refractivity contribution is 0.0526. The molecule has 0 aliphatic heterocycles. The molecule has 4 aromatic rings. The predicted octanol–water partition coefficient (Wildman–Crippen LogP) is 4.36. The fraction of sp³-hybridized carbons (Fsp3) is 0.286. The van der Waals surface area contributed by atoms with E-state index in [1.54, 1.807) is 31.0 Å². The smallest absolute Gasteiger partial charge is 0.407 e. The first-order valence-electron chi connectivity index (χ1n) is 9.89. The van der Waals surface area contributed by atoms with E-state index < -0.39 is 17.5 Å². The molecular formula is C21H22FN7O2S. The van der Waals surface area contributed by atoms with Gasteiger partial charge in [-0.15, -0.1) is 0 Å². The van der Waals surface area contributed by atoms with Crippen molar-refractivity contribution in [3.8, 4) is 10.4 Å². The van der Waals surface area contributed by atoms with E-state index in [2.05, 4.69) is 30.6 Å². The van der Waals surface area contributed by atoms with Gasteiger partial charge in [0.1, 0.15) is 22.8 Å². The Morgan fingerprint density at radius 2 is 2.06 bits per heavy atom. The van der Waals surface area contributed by atoms with E-state index in [1.807, 2.05) is 31.4 Å². The number of pyridine rings is 2. The molecule has 0 atom stereocenters. The number of aromatic nitrogens is 5. The molecular weight excluding hydrogens is 433 g/mol. The van der Waals surface area contributed by atoms with Gasteiger partial charge in [-0.05, 0) is 26.8 Å². The Morgan fingerprint density at radius 1 is 1.22 bits per heavy atom. The van der Waals surface area contributed by atoms with Crippen molar-refractivity contribution in [2.24, 2.45) is 0 Å². The maximum absolute atomic E-state index is 14.0. The number of alkyl carbamates (subject to hydrolysis) is 1. The van der Waals surface area contributed by atoms with Gasteiger partial charge < -0.3 is 19.9 Å². The van der Waals surface area contributed by atoms with Crippen LogP contribution in [-0.4, -0.2) is 42.7 Å². The Balaban J connectivity index is 1.44. The number of rotatable bonds is 6. The molecule has 0 bridgehead atoms. The number of nitrogens with one attached hydrogen (secondary N) is 2. The van der Waals surface area contributed by atoms with E-state index in [1.165, 1.54) is 17.5 Å². The quantitative estimate of drug-likeness (QED) is 0.445. The van der Waals surface area contributed by atoms with Crippen LogP contribution in [0.5, 0.6) is 0 Å². The first-order chi connectivity index (χ1) is 15.3. The van der Waals surface area contributed by atoms with E-state index in [9.17, 15) is 9.18 Å². The molecule has 166 valence electrons. The third-order valence-electron chi connectivity index (χ3n) is 4.31. The summed E-state index contributed by atoms with van der Waals surface area (Å²) in [5.74, 6) is 0.182. The first kappa shape index (κ1) is 21.6. The number of nitrogens with zero attached hydrogens (tertiary/aromatic N) is 5. The molecule has 1 amide bonds. The van der Waals surface area contributed by atoms with Crippen molar-refractivity contribution < 1.29 is 13.9 Å². The van der Waals surface area contributed by atoms with Crippen LogP contribution in [0, 0.1) is 5.82 Å².